The van der Waals surface area contributed by atoms with E-state index in [2.05, 4.69) is 37.0 Å². The number of carbonyl (C=O) groups excluding carboxylic acids is 3. The number of halogens is 2. The number of nitrogens with zero attached hydrogens (tertiary/aromatic N) is 2. The van der Waals surface area contributed by atoms with Crippen molar-refractivity contribution in [1.82, 2.24) is 16.3 Å². The van der Waals surface area contributed by atoms with Crippen LogP contribution in [0.3, 0.4) is 0 Å². The first-order valence-corrected chi connectivity index (χ1v) is 13.7. The highest BCUT2D eigenvalue weighted by molar-refractivity contribution is 6.34. The molecule has 0 saturated heterocycles. The smallest absolute Gasteiger partial charge is 0.328 e. The Morgan fingerprint density at radius 2 is 1.15 bits per heavy atom. The minimum Gasteiger partial charge on any atom is -0.480 e. The van der Waals surface area contributed by atoms with Gasteiger partial charge in [0.15, 0.2) is 6.04 Å². The fourth-order valence-corrected chi connectivity index (χ4v) is 3.60. The van der Waals surface area contributed by atoms with Gasteiger partial charge in [-0.3, -0.25) is 30.7 Å². The monoisotopic (exact) mass is 682 g/mol. The predicted octanol–water partition coefficient (Wildman–Crippen LogP) is 3.61. The van der Waals surface area contributed by atoms with E-state index in [1.807, 2.05) is 5.43 Å². The Morgan fingerprint density at radius 3 is 1.43 bits per heavy atom. The van der Waals surface area contributed by atoms with E-state index in [0.29, 0.717) is 33.9 Å². The quantitative estimate of drug-likeness (QED) is 0.0851. The number of hydrazine groups is 2. The highest BCUT2D eigenvalue weighted by Crippen LogP contribution is 2.34. The van der Waals surface area contributed by atoms with Crippen molar-refractivity contribution in [2.75, 3.05) is 10.6 Å². The van der Waals surface area contributed by atoms with Crippen LogP contribution in [0.15, 0.2) is 24.3 Å². The molecule has 0 unspecified atom stereocenters. The third-order valence-electron chi connectivity index (χ3n) is 5.67. The van der Waals surface area contributed by atoms with E-state index in [-0.39, 0.29) is 23.4 Å². The van der Waals surface area contributed by atoms with Crippen molar-refractivity contribution < 1.29 is 34.5 Å². The summed E-state index contributed by atoms with van der Waals surface area (Å²) in [5.74, 6) is 2.16. The molecule has 4 atom stereocenters. The van der Waals surface area contributed by atoms with Crippen LogP contribution in [0.5, 0.6) is 0 Å². The first-order valence-electron chi connectivity index (χ1n) is 12.9. The molecule has 46 heavy (non-hydrogen) atoms. The van der Waals surface area contributed by atoms with Gasteiger partial charge in [0.2, 0.25) is 23.2 Å². The van der Waals surface area contributed by atoms with Crippen LogP contribution < -0.4 is 32.8 Å². The van der Waals surface area contributed by atoms with Crippen molar-refractivity contribution in [2.24, 2.45) is 5.84 Å². The number of carbonyl (C=O) groups is 4. The molecule has 252 valence electrons. The van der Waals surface area contributed by atoms with E-state index in [1.165, 1.54) is 39.8 Å². The minimum atomic E-state index is -1.16. The molecule has 10 N–H and O–H groups in total. The lowest BCUT2D eigenvalue weighted by Crippen LogP contribution is -2.51. The molecule has 0 spiro atoms. The SMILES string of the molecule is C.CC(=O)NN.[C-]#[N+]c1ccc(N[C@@H](C(=O)NNC(C)=O)[C@H](C)O)c(C)c1Cl.[C-]#[N+]c1ccc(N[C@@H](C(=O)O)[C@H](C)O)c(C)c1Cl. The number of nitrogens with one attached hydrogen (secondary N) is 5. The Morgan fingerprint density at radius 1 is 0.783 bits per heavy atom. The van der Waals surface area contributed by atoms with Gasteiger partial charge in [-0.05, 0) is 51.0 Å². The van der Waals surface area contributed by atoms with Crippen molar-refractivity contribution >= 4 is 69.6 Å². The number of hydrogen-bond donors (Lipinski definition) is 9. The van der Waals surface area contributed by atoms with Crippen LogP contribution >= 0.6 is 23.2 Å². The minimum absolute atomic E-state index is 0. The topological polar surface area (TPSA) is 224 Å². The van der Waals surface area contributed by atoms with Crippen molar-refractivity contribution in [3.63, 3.8) is 0 Å². The van der Waals surface area contributed by atoms with Gasteiger partial charge >= 0.3 is 5.97 Å². The molecule has 0 radical (unpaired) electrons. The van der Waals surface area contributed by atoms with Crippen LogP contribution in [0.25, 0.3) is 9.69 Å². The van der Waals surface area contributed by atoms with Gasteiger partial charge in [-0.2, -0.15) is 0 Å². The zero-order valence-electron chi connectivity index (χ0n) is 25.3. The summed E-state index contributed by atoms with van der Waals surface area (Å²) in [4.78, 5) is 49.9. The lowest BCUT2D eigenvalue weighted by molar-refractivity contribution is -0.140. The number of rotatable bonds is 8. The summed E-state index contributed by atoms with van der Waals surface area (Å²) >= 11 is 12.0. The van der Waals surface area contributed by atoms with E-state index in [4.69, 9.17) is 41.5 Å². The van der Waals surface area contributed by atoms with Crippen molar-refractivity contribution in [1.29, 1.82) is 0 Å². The zero-order valence-corrected chi connectivity index (χ0v) is 26.8. The summed E-state index contributed by atoms with van der Waals surface area (Å²) in [6.07, 6.45) is -2.08. The number of aliphatic carboxylic acids is 1. The van der Waals surface area contributed by atoms with Gasteiger partial charge < -0.3 is 26.0 Å². The average molecular weight is 684 g/mol. The Kier molecular flexibility index (Phi) is 20.0. The highest BCUT2D eigenvalue weighted by Gasteiger charge is 2.25. The van der Waals surface area contributed by atoms with Gasteiger partial charge in [0, 0.05) is 25.2 Å². The van der Waals surface area contributed by atoms with Crippen LogP contribution in [-0.4, -0.2) is 63.3 Å². The third kappa shape index (κ3) is 14.0. The first-order chi connectivity index (χ1) is 20.9. The molecular weight excluding hydrogens is 643 g/mol. The zero-order chi connectivity index (χ0) is 35.0. The molecule has 0 aromatic heterocycles. The molecule has 2 aromatic carbocycles. The van der Waals surface area contributed by atoms with Crippen LogP contribution in [0.2, 0.25) is 10.0 Å². The highest BCUT2D eigenvalue weighted by atomic mass is 35.5. The molecule has 17 heteroatoms. The number of carboxylic acids is 1. The molecule has 0 bridgehead atoms. The molecule has 0 saturated carbocycles. The van der Waals surface area contributed by atoms with Crippen LogP contribution in [0, 0.1) is 27.0 Å². The van der Waals surface area contributed by atoms with E-state index < -0.39 is 42.1 Å². The molecule has 0 heterocycles. The summed E-state index contributed by atoms with van der Waals surface area (Å²) < 4.78 is 0. The summed E-state index contributed by atoms with van der Waals surface area (Å²) in [6.45, 7) is 22.7. The molecule has 15 nitrogen and oxygen atoms in total. The van der Waals surface area contributed by atoms with E-state index in [1.54, 1.807) is 26.0 Å². The second-order valence-electron chi connectivity index (χ2n) is 9.30. The Labute approximate surface area is 278 Å². The molecule has 0 aliphatic rings. The number of benzene rings is 2. The maximum absolute atomic E-state index is 12.0. The van der Waals surface area contributed by atoms with E-state index in [0.717, 1.165) is 0 Å². The van der Waals surface area contributed by atoms with Crippen LogP contribution in [0.1, 0.15) is 46.2 Å². The molecule has 2 rings (SSSR count). The normalized spacial score (nSPS) is 12.1. The van der Waals surface area contributed by atoms with Gasteiger partial charge in [0.05, 0.1) is 35.4 Å². The van der Waals surface area contributed by atoms with Crippen molar-refractivity contribution in [2.45, 2.75) is 73.3 Å². The van der Waals surface area contributed by atoms with Crippen LogP contribution in [-0.2, 0) is 19.2 Å². The number of hydrogen-bond acceptors (Lipinski definition) is 9. The largest absolute Gasteiger partial charge is 0.480 e. The maximum Gasteiger partial charge on any atom is 0.328 e. The number of anilines is 2. The van der Waals surface area contributed by atoms with Crippen molar-refractivity contribution in [3.8, 4) is 0 Å². The predicted molar refractivity (Wildman–Crippen MR) is 177 cm³/mol. The number of carboxylic acid groups (broad SMARTS) is 1. The molecular formula is C29H40Cl2N8O7. The lowest BCUT2D eigenvalue weighted by atomic mass is 10.1. The summed E-state index contributed by atoms with van der Waals surface area (Å²) in [6, 6.07) is 4.09. The van der Waals surface area contributed by atoms with Gasteiger partial charge in [0.1, 0.15) is 6.04 Å². The Balaban J connectivity index is 0. The van der Waals surface area contributed by atoms with E-state index >= 15 is 0 Å². The number of aliphatic hydroxyl groups excluding tert-OH is 2. The number of amides is 3. The molecule has 2 aromatic rings. The van der Waals surface area contributed by atoms with E-state index in [9.17, 15) is 29.4 Å². The number of aliphatic hydroxyl groups is 2. The summed E-state index contributed by atoms with van der Waals surface area (Å²) in [5.41, 5.74) is 9.03. The van der Waals surface area contributed by atoms with Crippen LogP contribution in [0.4, 0.5) is 22.7 Å². The molecule has 0 aliphatic heterocycles. The Hall–Kier alpha value is -4.64. The van der Waals surface area contributed by atoms with Crippen molar-refractivity contribution in [3.05, 3.63) is 68.3 Å². The summed E-state index contributed by atoms with van der Waals surface area (Å²) in [7, 11) is 0. The number of nitrogens with two attached hydrogens (primary N) is 1. The first kappa shape index (κ1) is 43.5. The summed E-state index contributed by atoms with van der Waals surface area (Å²) in [5, 5.41) is 34.2. The second kappa shape index (κ2) is 21.2. The molecule has 0 fully saturated rings. The third-order valence-corrected chi connectivity index (χ3v) is 6.63. The lowest BCUT2D eigenvalue weighted by Gasteiger charge is -2.23. The van der Waals surface area contributed by atoms with Gasteiger partial charge in [0.25, 0.3) is 5.91 Å². The molecule has 3 amide bonds. The fourth-order valence-electron chi connectivity index (χ4n) is 3.18. The Bertz CT molecular complexity index is 1460. The standard InChI is InChI=1S/C14H17ClN4O3.C12H13ClN2O3.C2H6N2O.CH4/c1-7-10(5-6-11(16-4)12(7)15)17-13(8(2)20)14(22)19-18-9(3)21;1-6-8(4-5-9(14-3)10(6)13)15-11(7(2)16)12(17)18;1-2(5)4-3;/h5-6,8,13,17,20H,1-3H3,(H,18,21)(H,19,22);4-5,7,11,15-16H,1-2H3,(H,17,18);3H2,1H3,(H,4,5);1H4/t8-,13+;7-,11+;;/m00../s1. The maximum atomic E-state index is 12.0. The fraction of sp³-hybridized carbons (Fsp3) is 0.379. The van der Waals surface area contributed by atoms with Gasteiger partial charge in [-0.15, -0.1) is 0 Å². The molecule has 0 aliphatic carbocycles. The average Bonchev–Trinajstić information content (AvgIpc) is 2.97. The van der Waals surface area contributed by atoms with Gasteiger partial charge in [-0.25, -0.2) is 20.3 Å². The second-order valence-corrected chi connectivity index (χ2v) is 10.1. The van der Waals surface area contributed by atoms with Gasteiger partial charge in [-0.1, -0.05) is 42.8 Å².